The van der Waals surface area contributed by atoms with Crippen molar-refractivity contribution in [3.05, 3.63) is 18.0 Å². The minimum Gasteiger partial charge on any atom is -0.375 e. The standard InChI is InChI=1S/C17H28N4O2/c22-17(6-5-15-11-18-19-12-15)21-9-4-10-23-16(14-21)13-20-7-2-1-3-8-20/h11-12,16H,1-10,13-14H2,(H,18,19)/t16-/m1/s1. The number of aromatic amines is 1. The van der Waals surface area contributed by atoms with E-state index >= 15 is 0 Å². The summed E-state index contributed by atoms with van der Waals surface area (Å²) in [6, 6.07) is 0. The molecule has 0 unspecified atom stereocenters. The number of aromatic nitrogens is 2. The van der Waals surface area contributed by atoms with Crippen molar-refractivity contribution in [1.29, 1.82) is 0 Å². The molecule has 6 heteroatoms. The molecule has 1 N–H and O–H groups in total. The first-order valence-corrected chi connectivity index (χ1v) is 8.90. The molecule has 0 spiro atoms. The van der Waals surface area contributed by atoms with E-state index in [1.807, 2.05) is 11.1 Å². The number of carbonyl (C=O) groups excluding carboxylic acids is 1. The third kappa shape index (κ3) is 5.04. The minimum atomic E-state index is 0.161. The van der Waals surface area contributed by atoms with Crippen molar-refractivity contribution in [3.8, 4) is 0 Å². The van der Waals surface area contributed by atoms with Gasteiger partial charge in [0.05, 0.1) is 12.3 Å². The summed E-state index contributed by atoms with van der Waals surface area (Å²) in [6.07, 6.45) is 9.98. The Morgan fingerprint density at radius 3 is 2.91 bits per heavy atom. The number of carbonyl (C=O) groups is 1. The molecule has 0 bridgehead atoms. The summed E-state index contributed by atoms with van der Waals surface area (Å²) >= 11 is 0. The maximum Gasteiger partial charge on any atom is 0.222 e. The van der Waals surface area contributed by atoms with E-state index in [0.29, 0.717) is 6.42 Å². The van der Waals surface area contributed by atoms with Crippen LogP contribution in [-0.2, 0) is 16.0 Å². The first kappa shape index (κ1) is 16.5. The normalized spacial score (nSPS) is 23.7. The van der Waals surface area contributed by atoms with Gasteiger partial charge >= 0.3 is 0 Å². The van der Waals surface area contributed by atoms with Crippen molar-refractivity contribution < 1.29 is 9.53 Å². The predicted molar refractivity (Wildman–Crippen MR) is 88.1 cm³/mol. The molecule has 0 aliphatic carbocycles. The van der Waals surface area contributed by atoms with Crippen LogP contribution in [0.4, 0.5) is 0 Å². The molecule has 0 aromatic carbocycles. The molecule has 128 valence electrons. The van der Waals surface area contributed by atoms with Crippen LogP contribution in [0.15, 0.2) is 12.4 Å². The molecule has 2 aliphatic heterocycles. The van der Waals surface area contributed by atoms with Crippen molar-refractivity contribution in [2.75, 3.05) is 39.3 Å². The smallest absolute Gasteiger partial charge is 0.222 e. The zero-order chi connectivity index (χ0) is 15.9. The summed E-state index contributed by atoms with van der Waals surface area (Å²) in [4.78, 5) is 17.0. The number of aryl methyl sites for hydroxylation is 1. The number of rotatable bonds is 5. The van der Waals surface area contributed by atoms with Crippen LogP contribution >= 0.6 is 0 Å². The van der Waals surface area contributed by atoms with E-state index in [4.69, 9.17) is 4.74 Å². The predicted octanol–water partition coefficient (Wildman–Crippen LogP) is 1.45. The van der Waals surface area contributed by atoms with Gasteiger partial charge in [0, 0.05) is 38.9 Å². The van der Waals surface area contributed by atoms with Gasteiger partial charge in [0.15, 0.2) is 0 Å². The second-order valence-electron chi connectivity index (χ2n) is 6.65. The summed E-state index contributed by atoms with van der Waals surface area (Å²) in [5, 5.41) is 6.72. The van der Waals surface area contributed by atoms with Gasteiger partial charge in [-0.2, -0.15) is 5.10 Å². The average Bonchev–Trinajstić information content (AvgIpc) is 2.99. The molecule has 23 heavy (non-hydrogen) atoms. The van der Waals surface area contributed by atoms with Gasteiger partial charge in [-0.25, -0.2) is 0 Å². The highest BCUT2D eigenvalue weighted by molar-refractivity contribution is 5.76. The van der Waals surface area contributed by atoms with E-state index in [1.165, 1.54) is 32.4 Å². The van der Waals surface area contributed by atoms with Crippen molar-refractivity contribution >= 4 is 5.91 Å². The Kier molecular flexibility index (Phi) is 6.05. The van der Waals surface area contributed by atoms with Crippen molar-refractivity contribution in [2.45, 2.75) is 44.6 Å². The van der Waals surface area contributed by atoms with Gasteiger partial charge < -0.3 is 14.5 Å². The summed E-state index contributed by atoms with van der Waals surface area (Å²) in [5.41, 5.74) is 1.09. The van der Waals surface area contributed by atoms with Gasteiger partial charge in [0.2, 0.25) is 5.91 Å². The third-order valence-electron chi connectivity index (χ3n) is 4.80. The molecular weight excluding hydrogens is 292 g/mol. The van der Waals surface area contributed by atoms with E-state index in [-0.39, 0.29) is 12.0 Å². The van der Waals surface area contributed by atoms with E-state index in [0.717, 1.165) is 44.6 Å². The van der Waals surface area contributed by atoms with Crippen molar-refractivity contribution in [3.63, 3.8) is 0 Å². The average molecular weight is 320 g/mol. The number of piperidine rings is 1. The lowest BCUT2D eigenvalue weighted by atomic mass is 10.1. The molecule has 1 amide bonds. The first-order valence-electron chi connectivity index (χ1n) is 8.90. The number of hydrogen-bond acceptors (Lipinski definition) is 4. The molecule has 0 radical (unpaired) electrons. The first-order chi connectivity index (χ1) is 11.3. The third-order valence-corrected chi connectivity index (χ3v) is 4.80. The monoisotopic (exact) mass is 320 g/mol. The van der Waals surface area contributed by atoms with Crippen LogP contribution in [0, 0.1) is 0 Å². The Morgan fingerprint density at radius 2 is 2.13 bits per heavy atom. The fourth-order valence-electron chi connectivity index (χ4n) is 3.49. The number of hydrogen-bond donors (Lipinski definition) is 1. The zero-order valence-corrected chi connectivity index (χ0v) is 13.9. The molecule has 2 saturated heterocycles. The second-order valence-corrected chi connectivity index (χ2v) is 6.65. The Bertz CT molecular complexity index is 471. The summed E-state index contributed by atoms with van der Waals surface area (Å²) in [7, 11) is 0. The van der Waals surface area contributed by atoms with E-state index in [2.05, 4.69) is 15.1 Å². The van der Waals surface area contributed by atoms with Crippen LogP contribution in [0.1, 0.15) is 37.7 Å². The Morgan fingerprint density at radius 1 is 1.26 bits per heavy atom. The zero-order valence-electron chi connectivity index (χ0n) is 13.9. The highest BCUT2D eigenvalue weighted by Crippen LogP contribution is 2.14. The van der Waals surface area contributed by atoms with Gasteiger partial charge in [-0.05, 0) is 44.3 Å². The molecule has 1 aromatic rings. The maximum atomic E-state index is 12.5. The van der Waals surface area contributed by atoms with Crippen LogP contribution in [0.2, 0.25) is 0 Å². The van der Waals surface area contributed by atoms with Crippen LogP contribution in [-0.4, -0.2) is 71.3 Å². The highest BCUT2D eigenvalue weighted by atomic mass is 16.5. The fraction of sp³-hybridized carbons (Fsp3) is 0.765. The summed E-state index contributed by atoms with van der Waals surface area (Å²) < 4.78 is 5.99. The Balaban J connectivity index is 1.48. The number of likely N-dealkylation sites (tertiary alicyclic amines) is 1. The number of nitrogens with zero attached hydrogens (tertiary/aromatic N) is 3. The largest absolute Gasteiger partial charge is 0.375 e. The molecular formula is C17H28N4O2. The summed E-state index contributed by atoms with van der Waals surface area (Å²) in [5.74, 6) is 0.236. The lowest BCUT2D eigenvalue weighted by Crippen LogP contribution is -2.43. The van der Waals surface area contributed by atoms with Gasteiger partial charge in [-0.15, -0.1) is 0 Å². The fourth-order valence-corrected chi connectivity index (χ4v) is 3.49. The highest BCUT2D eigenvalue weighted by Gasteiger charge is 2.24. The van der Waals surface area contributed by atoms with E-state index in [9.17, 15) is 4.79 Å². The van der Waals surface area contributed by atoms with Gasteiger partial charge in [-0.1, -0.05) is 6.42 Å². The number of amides is 1. The maximum absolute atomic E-state index is 12.5. The molecule has 2 aliphatic rings. The number of ether oxygens (including phenoxy) is 1. The molecule has 2 fully saturated rings. The van der Waals surface area contributed by atoms with Crippen LogP contribution in [0.3, 0.4) is 0 Å². The minimum absolute atomic E-state index is 0.161. The van der Waals surface area contributed by atoms with Gasteiger partial charge in [0.1, 0.15) is 0 Å². The molecule has 1 aromatic heterocycles. The topological polar surface area (TPSA) is 61.5 Å². The lowest BCUT2D eigenvalue weighted by Gasteiger charge is -2.31. The van der Waals surface area contributed by atoms with Gasteiger partial charge in [0.25, 0.3) is 0 Å². The van der Waals surface area contributed by atoms with Crippen molar-refractivity contribution in [2.24, 2.45) is 0 Å². The quantitative estimate of drug-likeness (QED) is 0.892. The van der Waals surface area contributed by atoms with Crippen LogP contribution in [0.5, 0.6) is 0 Å². The number of H-pyrrole nitrogens is 1. The second kappa shape index (κ2) is 8.45. The molecule has 1 atom stereocenters. The molecule has 0 saturated carbocycles. The van der Waals surface area contributed by atoms with Crippen molar-refractivity contribution in [1.82, 2.24) is 20.0 Å². The molecule has 3 heterocycles. The Hall–Kier alpha value is -1.40. The number of nitrogens with one attached hydrogen (secondary N) is 1. The van der Waals surface area contributed by atoms with Crippen LogP contribution < -0.4 is 0 Å². The molecule has 3 rings (SSSR count). The van der Waals surface area contributed by atoms with Crippen LogP contribution in [0.25, 0.3) is 0 Å². The van der Waals surface area contributed by atoms with Gasteiger partial charge in [-0.3, -0.25) is 9.89 Å². The van der Waals surface area contributed by atoms with E-state index < -0.39 is 0 Å². The lowest BCUT2D eigenvalue weighted by molar-refractivity contribution is -0.132. The Labute approximate surface area is 138 Å². The van der Waals surface area contributed by atoms with E-state index in [1.54, 1.807) is 6.20 Å². The SMILES string of the molecule is O=C(CCc1cn[nH]c1)N1CCCO[C@H](CN2CCCCC2)C1. The molecule has 6 nitrogen and oxygen atoms in total. The summed E-state index contributed by atoms with van der Waals surface area (Å²) in [6.45, 7) is 5.64.